The molecule has 0 aromatic heterocycles. The van der Waals surface area contributed by atoms with Crippen molar-refractivity contribution < 1.29 is 61.3 Å². The summed E-state index contributed by atoms with van der Waals surface area (Å²) in [5.41, 5.74) is 0. The molecule has 0 fully saturated rings. The third kappa shape index (κ3) is 26.2. The molecule has 0 aliphatic heterocycles. The molecule has 0 amide bonds. The molecule has 116 valence electrons. The second-order valence-corrected chi connectivity index (χ2v) is 4.97. The van der Waals surface area contributed by atoms with Gasteiger partial charge in [-0.1, -0.05) is 62.6 Å². The molecule has 22 heavy (non-hydrogen) atoms. The number of unbranched alkanes of at least 4 members (excludes halogenated alkanes) is 5. The van der Waals surface area contributed by atoms with E-state index < -0.39 is 5.97 Å². The van der Waals surface area contributed by atoms with E-state index in [1.165, 1.54) is 12.8 Å². The molecule has 0 spiro atoms. The van der Waals surface area contributed by atoms with Crippen molar-refractivity contribution in [3.05, 3.63) is 36.5 Å². The number of carboxylic acids is 1. The van der Waals surface area contributed by atoms with Crippen LogP contribution < -0.4 is 56.5 Å². The Morgan fingerprint density at radius 2 is 1.32 bits per heavy atom. The van der Waals surface area contributed by atoms with Gasteiger partial charge in [0.15, 0.2) is 0 Å². The summed E-state index contributed by atoms with van der Waals surface area (Å²) in [4.78, 5) is 10.2. The molecule has 0 aliphatic rings. The van der Waals surface area contributed by atoms with Crippen LogP contribution in [0.1, 0.15) is 71.1 Å². The van der Waals surface area contributed by atoms with Gasteiger partial charge in [-0.05, 0) is 44.9 Å². The zero-order valence-electron chi connectivity index (χ0n) is 13.9. The first-order chi connectivity index (χ1) is 9.77. The van der Waals surface area contributed by atoms with Gasteiger partial charge in [0.25, 0.3) is 0 Å². The molecular weight excluding hydrogens is 310 g/mol. The van der Waals surface area contributed by atoms with Crippen molar-refractivity contribution in [3.8, 4) is 0 Å². The van der Waals surface area contributed by atoms with Crippen LogP contribution in [0.15, 0.2) is 36.5 Å². The van der Waals surface area contributed by atoms with Gasteiger partial charge in [-0.15, -0.1) is 0 Å². The van der Waals surface area contributed by atoms with Crippen LogP contribution in [0.4, 0.5) is 0 Å². The Hall–Kier alpha value is 1.33. The number of aliphatic carboxylic acids is 1. The summed E-state index contributed by atoms with van der Waals surface area (Å²) in [6, 6.07) is 0. The normalized spacial score (nSPS) is 11.0. The molecule has 0 N–H and O–H groups in total. The number of hydrogen-bond donors (Lipinski definition) is 0. The average molecular weight is 341 g/mol. The number of hydrogen-bond acceptors (Lipinski definition) is 2. The fourth-order valence-electron chi connectivity index (χ4n) is 1.89. The summed E-state index contributed by atoms with van der Waals surface area (Å²) < 4.78 is 0. The Morgan fingerprint density at radius 3 is 1.91 bits per heavy atom. The minimum atomic E-state index is -0.925. The van der Waals surface area contributed by atoms with Crippen LogP contribution in [0.2, 0.25) is 0 Å². The predicted octanol–water partition coefficient (Wildman–Crippen LogP) is 0.681. The number of carbonyl (C=O) groups is 1. The third-order valence-electron chi connectivity index (χ3n) is 3.03. The first-order valence-electron chi connectivity index (χ1n) is 7.92. The number of allylic oxidation sites excluding steroid dienone is 6. The van der Waals surface area contributed by atoms with Gasteiger partial charge >= 0.3 is 80.9 Å². The number of rotatable bonds is 13. The summed E-state index contributed by atoms with van der Waals surface area (Å²) in [5.74, 6) is -0.925. The summed E-state index contributed by atoms with van der Waals surface area (Å²) in [7, 11) is 0. The molecule has 0 aromatic carbocycles. The van der Waals surface area contributed by atoms with Crippen molar-refractivity contribution in [2.45, 2.75) is 71.1 Å². The van der Waals surface area contributed by atoms with E-state index in [-0.39, 0.29) is 87.4 Å². The first-order valence-corrected chi connectivity index (χ1v) is 7.92. The van der Waals surface area contributed by atoms with Gasteiger partial charge in [0.2, 0.25) is 0 Å². The predicted molar refractivity (Wildman–Crippen MR) is 91.4 cm³/mol. The molecule has 0 heterocycles. The fourth-order valence-corrected chi connectivity index (χ4v) is 1.89. The van der Waals surface area contributed by atoms with Crippen LogP contribution in [0.3, 0.4) is 0 Å². The van der Waals surface area contributed by atoms with E-state index in [9.17, 15) is 9.90 Å². The van der Waals surface area contributed by atoms with Gasteiger partial charge in [0, 0.05) is 5.97 Å². The van der Waals surface area contributed by atoms with E-state index in [2.05, 4.69) is 43.4 Å². The second kappa shape index (κ2) is 24.6. The van der Waals surface area contributed by atoms with E-state index in [1.54, 1.807) is 0 Å². The van der Waals surface area contributed by atoms with Crippen molar-refractivity contribution in [2.75, 3.05) is 0 Å². The molecule has 0 atom stereocenters. The summed E-state index contributed by atoms with van der Waals surface area (Å²) in [6.07, 6.45) is 23.0. The fraction of sp³-hybridized carbons (Fsp3) is 0.611. The molecule has 0 aliphatic carbocycles. The van der Waals surface area contributed by atoms with E-state index in [4.69, 9.17) is 0 Å². The van der Waals surface area contributed by atoms with Crippen molar-refractivity contribution in [1.29, 1.82) is 0 Å². The zero-order chi connectivity index (χ0) is 14.9. The standard InChI is InChI=1S/C18H30O2.K.Na.H/c1-2-3-4-5-6-7-8-9-10-11-12-13-14-15-16-17-18(19)20;;;/h3-4,6-7,9-10H,2,5,8,11-17H2,1H3,(H,19,20);;;/q;+1;;/p-1/b4-3-,7-6-,10-9-;;;. The van der Waals surface area contributed by atoms with Crippen molar-refractivity contribution in [3.63, 3.8) is 0 Å². The topological polar surface area (TPSA) is 40.1 Å². The van der Waals surface area contributed by atoms with Crippen LogP contribution in [0.5, 0.6) is 0 Å². The molecule has 0 rings (SSSR count). The van der Waals surface area contributed by atoms with Crippen molar-refractivity contribution in [1.82, 2.24) is 0 Å². The monoisotopic (exact) mass is 340 g/mol. The Kier molecular flexibility index (Phi) is 31.4. The van der Waals surface area contributed by atoms with Gasteiger partial charge in [-0.3, -0.25) is 0 Å². The van der Waals surface area contributed by atoms with Gasteiger partial charge < -0.3 is 9.90 Å². The average Bonchev–Trinajstić information content (AvgIpc) is 2.43. The Balaban J connectivity index is -0.00000180. The molecule has 0 aromatic rings. The second-order valence-electron chi connectivity index (χ2n) is 4.97. The van der Waals surface area contributed by atoms with Crippen molar-refractivity contribution in [2.24, 2.45) is 0 Å². The molecule has 0 unspecified atom stereocenters. The molecule has 0 saturated heterocycles. The van der Waals surface area contributed by atoms with Gasteiger partial charge in [0.1, 0.15) is 0 Å². The molecule has 0 radical (unpaired) electrons. The Morgan fingerprint density at radius 1 is 0.818 bits per heavy atom. The maximum atomic E-state index is 10.2. The van der Waals surface area contributed by atoms with Crippen LogP contribution in [-0.4, -0.2) is 35.5 Å². The van der Waals surface area contributed by atoms with E-state index in [0.717, 1.165) is 44.9 Å². The van der Waals surface area contributed by atoms with E-state index in [1.807, 2.05) is 0 Å². The SMILES string of the molecule is CC/C=C\C/C=C\C/C=C\CCCCCCCC(=O)[O-].[K+].[NaH]. The van der Waals surface area contributed by atoms with Gasteiger partial charge in [-0.25, -0.2) is 0 Å². The molecular formula is C18H30KNaO2. The first kappa shape index (κ1) is 28.1. The van der Waals surface area contributed by atoms with Crippen LogP contribution >= 0.6 is 0 Å². The molecule has 0 saturated carbocycles. The van der Waals surface area contributed by atoms with Crippen LogP contribution in [0, 0.1) is 0 Å². The Labute approximate surface area is 201 Å². The summed E-state index contributed by atoms with van der Waals surface area (Å²) in [5, 5.41) is 10.2. The van der Waals surface area contributed by atoms with E-state index >= 15 is 0 Å². The Bertz CT molecular complexity index is 312. The van der Waals surface area contributed by atoms with E-state index in [0.29, 0.717) is 0 Å². The van der Waals surface area contributed by atoms with Gasteiger partial charge in [0.05, 0.1) is 0 Å². The zero-order valence-corrected chi connectivity index (χ0v) is 17.0. The van der Waals surface area contributed by atoms with Crippen LogP contribution in [-0.2, 0) is 4.79 Å². The molecule has 2 nitrogen and oxygen atoms in total. The van der Waals surface area contributed by atoms with Gasteiger partial charge in [-0.2, -0.15) is 0 Å². The van der Waals surface area contributed by atoms with Crippen LogP contribution in [0.25, 0.3) is 0 Å². The maximum absolute atomic E-state index is 10.2. The summed E-state index contributed by atoms with van der Waals surface area (Å²) in [6.45, 7) is 2.15. The minimum absolute atomic E-state index is 0. The quantitative estimate of drug-likeness (QED) is 0.281. The summed E-state index contributed by atoms with van der Waals surface area (Å²) >= 11 is 0. The number of carboxylic acid groups (broad SMARTS) is 1. The molecule has 0 bridgehead atoms. The van der Waals surface area contributed by atoms with Crippen molar-refractivity contribution >= 4 is 35.5 Å². The molecule has 4 heteroatoms. The number of carbonyl (C=O) groups excluding carboxylic acids is 1. The third-order valence-corrected chi connectivity index (χ3v) is 3.03.